The summed E-state index contributed by atoms with van der Waals surface area (Å²) >= 11 is 0. The number of amides is 1. The molecule has 1 N–H and O–H groups in total. The Morgan fingerprint density at radius 3 is 2.61 bits per heavy atom. The van der Waals surface area contributed by atoms with Crippen molar-refractivity contribution < 1.29 is 14.3 Å². The summed E-state index contributed by atoms with van der Waals surface area (Å²) in [6.07, 6.45) is 4.11. The minimum Gasteiger partial charge on any atom is -0.444 e. The molecular formula is C14H21NO3. The third-order valence-corrected chi connectivity index (χ3v) is 4.95. The van der Waals surface area contributed by atoms with Crippen molar-refractivity contribution in [2.75, 3.05) is 0 Å². The number of aldehydes is 1. The van der Waals surface area contributed by atoms with Crippen LogP contribution in [0.15, 0.2) is 0 Å². The molecule has 18 heavy (non-hydrogen) atoms. The highest BCUT2D eigenvalue weighted by Gasteiger charge is 2.76. The maximum Gasteiger partial charge on any atom is 0.407 e. The smallest absolute Gasteiger partial charge is 0.407 e. The molecule has 4 fully saturated rings. The van der Waals surface area contributed by atoms with E-state index in [1.807, 2.05) is 20.8 Å². The molecule has 4 heteroatoms. The molecule has 1 amide bonds. The summed E-state index contributed by atoms with van der Waals surface area (Å²) in [5.41, 5.74) is -0.737. The van der Waals surface area contributed by atoms with Gasteiger partial charge in [0.1, 0.15) is 11.9 Å². The number of alkyl carbamates (subject to hydrolysis) is 1. The van der Waals surface area contributed by atoms with Gasteiger partial charge in [-0.1, -0.05) is 0 Å². The lowest BCUT2D eigenvalue weighted by molar-refractivity contribution is -0.114. The summed E-state index contributed by atoms with van der Waals surface area (Å²) < 4.78 is 5.30. The number of carbonyl (C=O) groups excluding carboxylic acids is 2. The van der Waals surface area contributed by atoms with Gasteiger partial charge in [0.15, 0.2) is 0 Å². The molecule has 5 unspecified atom stereocenters. The summed E-state index contributed by atoms with van der Waals surface area (Å²) in [5, 5.41) is 2.96. The van der Waals surface area contributed by atoms with E-state index < -0.39 is 5.60 Å². The van der Waals surface area contributed by atoms with Crippen molar-refractivity contribution in [1.29, 1.82) is 0 Å². The van der Waals surface area contributed by atoms with Gasteiger partial charge in [-0.15, -0.1) is 0 Å². The van der Waals surface area contributed by atoms with Gasteiger partial charge in [-0.25, -0.2) is 4.79 Å². The average molecular weight is 251 g/mol. The maximum atomic E-state index is 11.9. The predicted octanol–water partition coefficient (Wildman–Crippen LogP) is 2.12. The number of ether oxygens (including phenoxy) is 1. The summed E-state index contributed by atoms with van der Waals surface area (Å²) in [6.45, 7) is 5.55. The Hall–Kier alpha value is -1.06. The van der Waals surface area contributed by atoms with E-state index in [4.69, 9.17) is 4.74 Å². The van der Waals surface area contributed by atoms with Crippen molar-refractivity contribution in [1.82, 2.24) is 5.32 Å². The van der Waals surface area contributed by atoms with Crippen LogP contribution >= 0.6 is 0 Å². The van der Waals surface area contributed by atoms with Gasteiger partial charge in [-0.05, 0) is 57.8 Å². The van der Waals surface area contributed by atoms with Crippen LogP contribution in [-0.4, -0.2) is 24.0 Å². The van der Waals surface area contributed by atoms with Crippen molar-refractivity contribution in [3.63, 3.8) is 0 Å². The van der Waals surface area contributed by atoms with Gasteiger partial charge in [-0.3, -0.25) is 0 Å². The fourth-order valence-electron chi connectivity index (χ4n) is 4.34. The van der Waals surface area contributed by atoms with E-state index in [-0.39, 0.29) is 17.6 Å². The Balaban J connectivity index is 1.70. The van der Waals surface area contributed by atoms with Crippen LogP contribution in [-0.2, 0) is 9.53 Å². The molecule has 4 bridgehead atoms. The number of rotatable bonds is 2. The first-order valence-corrected chi connectivity index (χ1v) is 6.84. The Morgan fingerprint density at radius 2 is 2.06 bits per heavy atom. The molecule has 4 nitrogen and oxygen atoms in total. The van der Waals surface area contributed by atoms with Gasteiger partial charge in [0, 0.05) is 6.04 Å². The highest BCUT2D eigenvalue weighted by molar-refractivity contribution is 5.74. The first kappa shape index (κ1) is 12.0. The normalized spacial score (nSPS) is 44.4. The Labute approximate surface area is 107 Å². The summed E-state index contributed by atoms with van der Waals surface area (Å²) in [4.78, 5) is 23.3. The van der Waals surface area contributed by atoms with E-state index >= 15 is 0 Å². The van der Waals surface area contributed by atoms with E-state index in [0.29, 0.717) is 17.8 Å². The lowest BCUT2D eigenvalue weighted by Gasteiger charge is -2.34. The number of carbonyl (C=O) groups is 2. The molecule has 4 aliphatic carbocycles. The van der Waals surface area contributed by atoms with E-state index in [2.05, 4.69) is 5.32 Å². The molecule has 4 aliphatic rings. The lowest BCUT2D eigenvalue weighted by atomic mass is 9.78. The minimum atomic E-state index is -0.487. The quantitative estimate of drug-likeness (QED) is 0.765. The molecule has 0 heterocycles. The van der Waals surface area contributed by atoms with Gasteiger partial charge >= 0.3 is 6.09 Å². The molecule has 4 saturated carbocycles. The predicted molar refractivity (Wildman–Crippen MR) is 66.0 cm³/mol. The largest absolute Gasteiger partial charge is 0.444 e. The topological polar surface area (TPSA) is 55.4 Å². The first-order chi connectivity index (χ1) is 8.38. The van der Waals surface area contributed by atoms with Crippen molar-refractivity contribution >= 4 is 12.4 Å². The van der Waals surface area contributed by atoms with Gasteiger partial charge < -0.3 is 14.8 Å². The molecule has 0 aromatic heterocycles. The third-order valence-electron chi connectivity index (χ3n) is 4.95. The molecule has 0 radical (unpaired) electrons. The third kappa shape index (κ3) is 1.50. The van der Waals surface area contributed by atoms with Crippen molar-refractivity contribution in [2.24, 2.45) is 23.2 Å². The molecular weight excluding hydrogens is 230 g/mol. The Kier molecular flexibility index (Phi) is 2.32. The summed E-state index contributed by atoms with van der Waals surface area (Å²) in [5.74, 6) is 1.51. The second-order valence-electron chi connectivity index (χ2n) is 7.03. The monoisotopic (exact) mass is 251 g/mol. The molecule has 4 rings (SSSR count). The van der Waals surface area contributed by atoms with Crippen LogP contribution in [0.4, 0.5) is 4.79 Å². The second kappa shape index (κ2) is 3.49. The fourth-order valence-corrected chi connectivity index (χ4v) is 4.34. The van der Waals surface area contributed by atoms with Crippen LogP contribution in [0.1, 0.15) is 40.0 Å². The number of nitrogens with one attached hydrogen (secondary N) is 1. The van der Waals surface area contributed by atoms with Gasteiger partial charge in [0.2, 0.25) is 0 Å². The zero-order valence-corrected chi connectivity index (χ0v) is 11.2. The average Bonchev–Trinajstić information content (AvgIpc) is 2.84. The van der Waals surface area contributed by atoms with E-state index in [1.165, 1.54) is 0 Å². The summed E-state index contributed by atoms with van der Waals surface area (Å²) in [6, 6.07) is 0.00796. The van der Waals surface area contributed by atoms with E-state index in [1.54, 1.807) is 0 Å². The zero-order chi connectivity index (χ0) is 13.1. The summed E-state index contributed by atoms with van der Waals surface area (Å²) in [7, 11) is 0. The molecule has 0 aromatic rings. The minimum absolute atomic E-state index is 0.00796. The molecule has 0 aliphatic heterocycles. The zero-order valence-electron chi connectivity index (χ0n) is 11.2. The van der Waals surface area contributed by atoms with Gasteiger partial charge in [0.05, 0.1) is 5.41 Å². The highest BCUT2D eigenvalue weighted by atomic mass is 16.6. The van der Waals surface area contributed by atoms with Crippen LogP contribution in [0.25, 0.3) is 0 Å². The van der Waals surface area contributed by atoms with Crippen molar-refractivity contribution in [2.45, 2.75) is 51.7 Å². The molecule has 5 atom stereocenters. The first-order valence-electron chi connectivity index (χ1n) is 6.84. The van der Waals surface area contributed by atoms with Crippen LogP contribution < -0.4 is 5.32 Å². The van der Waals surface area contributed by atoms with Crippen molar-refractivity contribution in [3.8, 4) is 0 Å². The van der Waals surface area contributed by atoms with Crippen LogP contribution in [0.2, 0.25) is 0 Å². The van der Waals surface area contributed by atoms with Crippen LogP contribution in [0.3, 0.4) is 0 Å². The molecule has 100 valence electrons. The molecule has 0 spiro atoms. The van der Waals surface area contributed by atoms with Crippen LogP contribution in [0.5, 0.6) is 0 Å². The maximum absolute atomic E-state index is 11.9. The molecule has 0 saturated heterocycles. The Morgan fingerprint density at radius 1 is 1.33 bits per heavy atom. The van der Waals surface area contributed by atoms with Crippen LogP contribution in [0, 0.1) is 23.2 Å². The molecule has 0 aromatic carbocycles. The van der Waals surface area contributed by atoms with E-state index in [0.717, 1.165) is 25.5 Å². The number of fused-ring (bicyclic) bond motifs is 1. The number of hydrogen-bond donors (Lipinski definition) is 1. The standard InChI is InChI=1S/C14H21NO3/c1-13(2,3)18-12(17)15-11-8-4-5-9-10(6-8)14(9,11)7-16/h7-11H,4-6H2,1-3H3,(H,15,17). The highest BCUT2D eigenvalue weighted by Crippen LogP contribution is 2.74. The Bertz CT molecular complexity index is 394. The number of hydrogen-bond acceptors (Lipinski definition) is 3. The van der Waals surface area contributed by atoms with E-state index in [9.17, 15) is 9.59 Å². The second-order valence-corrected chi connectivity index (χ2v) is 7.03. The van der Waals surface area contributed by atoms with Gasteiger partial charge in [-0.2, -0.15) is 0 Å². The lowest BCUT2D eigenvalue weighted by Crippen LogP contribution is -2.49. The van der Waals surface area contributed by atoms with Gasteiger partial charge in [0.25, 0.3) is 0 Å². The SMILES string of the molecule is CC(C)(C)OC(=O)NC1C2CCC3C(C2)C31C=O. The van der Waals surface area contributed by atoms with Crippen molar-refractivity contribution in [3.05, 3.63) is 0 Å². The fraction of sp³-hybridized carbons (Fsp3) is 0.857.